The molecule has 1 heterocycles. The number of benzene rings is 1. The molecule has 0 saturated heterocycles. The first kappa shape index (κ1) is 13.2. The van der Waals surface area contributed by atoms with Gasteiger partial charge >= 0.3 is 0 Å². The minimum atomic E-state index is 0.520. The van der Waals surface area contributed by atoms with Gasteiger partial charge in [-0.25, -0.2) is 4.98 Å². The van der Waals surface area contributed by atoms with Crippen LogP contribution < -0.4 is 5.32 Å². The third-order valence-corrected chi connectivity index (χ3v) is 3.89. The summed E-state index contributed by atoms with van der Waals surface area (Å²) in [4.78, 5) is 5.82. The SMILES string of the molecule is Cc1ccccc1Cc1ncc(CNC(C)C)s1. The minimum Gasteiger partial charge on any atom is -0.310 e. The van der Waals surface area contributed by atoms with Gasteiger partial charge < -0.3 is 5.32 Å². The van der Waals surface area contributed by atoms with Crippen molar-refractivity contribution >= 4 is 11.3 Å². The average molecular weight is 260 g/mol. The first-order valence-corrected chi connectivity index (χ1v) is 7.18. The largest absolute Gasteiger partial charge is 0.310 e. The van der Waals surface area contributed by atoms with E-state index in [9.17, 15) is 0 Å². The van der Waals surface area contributed by atoms with E-state index in [-0.39, 0.29) is 0 Å². The summed E-state index contributed by atoms with van der Waals surface area (Å²) in [6.07, 6.45) is 2.94. The van der Waals surface area contributed by atoms with Crippen molar-refractivity contribution in [1.29, 1.82) is 0 Å². The highest BCUT2D eigenvalue weighted by atomic mass is 32.1. The standard InChI is InChI=1S/C15H20N2S/c1-11(2)16-9-14-10-17-15(18-14)8-13-7-5-4-6-12(13)3/h4-7,10-11,16H,8-9H2,1-3H3. The van der Waals surface area contributed by atoms with Crippen molar-refractivity contribution in [3.63, 3.8) is 0 Å². The third kappa shape index (κ3) is 3.65. The van der Waals surface area contributed by atoms with Gasteiger partial charge in [-0.2, -0.15) is 0 Å². The number of aryl methyl sites for hydroxylation is 1. The fraction of sp³-hybridized carbons (Fsp3) is 0.400. The highest BCUT2D eigenvalue weighted by Gasteiger charge is 2.05. The van der Waals surface area contributed by atoms with E-state index in [0.717, 1.165) is 13.0 Å². The molecule has 1 aromatic heterocycles. The summed E-state index contributed by atoms with van der Waals surface area (Å²) in [5.41, 5.74) is 2.71. The molecule has 0 spiro atoms. The van der Waals surface area contributed by atoms with Crippen LogP contribution in [0.15, 0.2) is 30.5 Å². The smallest absolute Gasteiger partial charge is 0.0972 e. The summed E-state index contributed by atoms with van der Waals surface area (Å²) in [7, 11) is 0. The Bertz CT molecular complexity index is 503. The Morgan fingerprint density at radius 1 is 1.28 bits per heavy atom. The number of rotatable bonds is 5. The van der Waals surface area contributed by atoms with E-state index in [2.05, 4.69) is 55.3 Å². The lowest BCUT2D eigenvalue weighted by Gasteiger charge is -2.05. The van der Waals surface area contributed by atoms with E-state index in [1.807, 2.05) is 6.20 Å². The Hall–Kier alpha value is -1.19. The van der Waals surface area contributed by atoms with Crippen LogP contribution in [0, 0.1) is 6.92 Å². The van der Waals surface area contributed by atoms with Crippen molar-refractivity contribution in [2.45, 2.75) is 39.8 Å². The van der Waals surface area contributed by atoms with Crippen molar-refractivity contribution < 1.29 is 0 Å². The van der Waals surface area contributed by atoms with Gasteiger partial charge in [-0.15, -0.1) is 11.3 Å². The van der Waals surface area contributed by atoms with Crippen LogP contribution in [-0.4, -0.2) is 11.0 Å². The number of aromatic nitrogens is 1. The predicted molar refractivity (Wildman–Crippen MR) is 78.1 cm³/mol. The molecule has 1 N–H and O–H groups in total. The van der Waals surface area contributed by atoms with Crippen molar-refractivity contribution in [2.75, 3.05) is 0 Å². The van der Waals surface area contributed by atoms with Gasteiger partial charge in [-0.1, -0.05) is 38.1 Å². The van der Waals surface area contributed by atoms with Crippen LogP contribution in [-0.2, 0) is 13.0 Å². The number of hydrogen-bond acceptors (Lipinski definition) is 3. The van der Waals surface area contributed by atoms with E-state index < -0.39 is 0 Å². The minimum absolute atomic E-state index is 0.520. The second-order valence-electron chi connectivity index (χ2n) is 4.86. The number of thiazole rings is 1. The molecule has 96 valence electrons. The van der Waals surface area contributed by atoms with Crippen molar-refractivity contribution in [3.05, 3.63) is 51.5 Å². The molecule has 0 bridgehead atoms. The van der Waals surface area contributed by atoms with Gasteiger partial charge in [-0.05, 0) is 18.1 Å². The maximum atomic E-state index is 4.51. The average Bonchev–Trinajstić information content (AvgIpc) is 2.77. The second-order valence-corrected chi connectivity index (χ2v) is 6.06. The lowest BCUT2D eigenvalue weighted by atomic mass is 10.1. The topological polar surface area (TPSA) is 24.9 Å². The van der Waals surface area contributed by atoms with Crippen LogP contribution in [0.5, 0.6) is 0 Å². The first-order chi connectivity index (χ1) is 8.65. The molecule has 2 rings (SSSR count). The Balaban J connectivity index is 2.00. The molecular formula is C15H20N2S. The molecular weight excluding hydrogens is 240 g/mol. The zero-order valence-corrected chi connectivity index (χ0v) is 12.1. The molecule has 0 amide bonds. The predicted octanol–water partition coefficient (Wildman–Crippen LogP) is 3.54. The van der Waals surface area contributed by atoms with E-state index in [1.165, 1.54) is 21.0 Å². The highest BCUT2D eigenvalue weighted by Crippen LogP contribution is 2.18. The van der Waals surface area contributed by atoms with Crippen LogP contribution in [0.2, 0.25) is 0 Å². The Morgan fingerprint density at radius 3 is 2.78 bits per heavy atom. The van der Waals surface area contributed by atoms with E-state index in [0.29, 0.717) is 6.04 Å². The van der Waals surface area contributed by atoms with Crippen molar-refractivity contribution in [3.8, 4) is 0 Å². The summed E-state index contributed by atoms with van der Waals surface area (Å²) in [5, 5.41) is 4.62. The molecule has 0 unspecified atom stereocenters. The molecule has 2 aromatic rings. The van der Waals surface area contributed by atoms with E-state index in [4.69, 9.17) is 0 Å². The lowest BCUT2D eigenvalue weighted by Crippen LogP contribution is -2.21. The van der Waals surface area contributed by atoms with E-state index in [1.54, 1.807) is 11.3 Å². The van der Waals surface area contributed by atoms with E-state index >= 15 is 0 Å². The molecule has 0 aliphatic carbocycles. The van der Waals surface area contributed by atoms with Gasteiger partial charge in [0.25, 0.3) is 0 Å². The third-order valence-electron chi connectivity index (χ3n) is 2.89. The highest BCUT2D eigenvalue weighted by molar-refractivity contribution is 7.11. The number of nitrogens with one attached hydrogen (secondary N) is 1. The summed E-state index contributed by atoms with van der Waals surface area (Å²) in [6.45, 7) is 7.40. The summed E-state index contributed by atoms with van der Waals surface area (Å²) < 4.78 is 0. The first-order valence-electron chi connectivity index (χ1n) is 6.36. The van der Waals surface area contributed by atoms with Crippen LogP contribution in [0.1, 0.15) is 34.9 Å². The summed E-state index contributed by atoms with van der Waals surface area (Å²) in [5.74, 6) is 0. The van der Waals surface area contributed by atoms with Gasteiger partial charge in [0.05, 0.1) is 5.01 Å². The fourth-order valence-corrected chi connectivity index (χ4v) is 2.68. The molecule has 2 nitrogen and oxygen atoms in total. The monoisotopic (exact) mass is 260 g/mol. The van der Waals surface area contributed by atoms with Crippen molar-refractivity contribution in [1.82, 2.24) is 10.3 Å². The van der Waals surface area contributed by atoms with Gasteiger partial charge in [-0.3, -0.25) is 0 Å². The van der Waals surface area contributed by atoms with Crippen molar-refractivity contribution in [2.24, 2.45) is 0 Å². The second kappa shape index (κ2) is 6.12. The molecule has 3 heteroatoms. The Kier molecular flexibility index (Phi) is 4.50. The normalized spacial score (nSPS) is 11.1. The zero-order chi connectivity index (χ0) is 13.0. The zero-order valence-electron chi connectivity index (χ0n) is 11.2. The molecule has 0 aliphatic heterocycles. The number of hydrogen-bond donors (Lipinski definition) is 1. The quantitative estimate of drug-likeness (QED) is 0.889. The molecule has 18 heavy (non-hydrogen) atoms. The maximum Gasteiger partial charge on any atom is 0.0972 e. The van der Waals surface area contributed by atoms with Crippen LogP contribution >= 0.6 is 11.3 Å². The molecule has 0 fully saturated rings. The van der Waals surface area contributed by atoms with Crippen LogP contribution in [0.3, 0.4) is 0 Å². The summed E-state index contributed by atoms with van der Waals surface area (Å²) in [6, 6.07) is 9.04. The molecule has 0 saturated carbocycles. The number of nitrogens with zero attached hydrogens (tertiary/aromatic N) is 1. The van der Waals surface area contributed by atoms with Gasteiger partial charge in [0.2, 0.25) is 0 Å². The van der Waals surface area contributed by atoms with Gasteiger partial charge in [0, 0.05) is 30.1 Å². The molecule has 1 aromatic carbocycles. The van der Waals surface area contributed by atoms with Crippen LogP contribution in [0.4, 0.5) is 0 Å². The van der Waals surface area contributed by atoms with Gasteiger partial charge in [0.15, 0.2) is 0 Å². The van der Waals surface area contributed by atoms with Gasteiger partial charge in [0.1, 0.15) is 0 Å². The molecule has 0 aliphatic rings. The van der Waals surface area contributed by atoms with Crippen LogP contribution in [0.25, 0.3) is 0 Å². The lowest BCUT2D eigenvalue weighted by molar-refractivity contribution is 0.593. The Labute approximate surface area is 113 Å². The molecule has 0 atom stereocenters. The molecule has 0 radical (unpaired) electrons. The summed E-state index contributed by atoms with van der Waals surface area (Å²) >= 11 is 1.80. The Morgan fingerprint density at radius 2 is 2.06 bits per heavy atom. The maximum absolute atomic E-state index is 4.51. The fourth-order valence-electron chi connectivity index (χ4n) is 1.79.